The Labute approximate surface area is 172 Å². The van der Waals surface area contributed by atoms with Crippen LogP contribution in [0.3, 0.4) is 0 Å². The molecule has 2 heterocycles. The molecule has 0 saturated carbocycles. The SMILES string of the molecule is CC(C)(C)OC(=O)N1C[C@H]2CCCN2C[C@H]1C(=O)N[C@H]1c2ccccc2C[C@H]1O. The number of aliphatic hydroxyl groups is 1. The second kappa shape index (κ2) is 7.61. The number of fused-ring (bicyclic) bond motifs is 2. The number of carbonyl (C=O) groups excluding carboxylic acids is 2. The van der Waals surface area contributed by atoms with Gasteiger partial charge >= 0.3 is 6.09 Å². The highest BCUT2D eigenvalue weighted by atomic mass is 16.6. The Morgan fingerprint density at radius 3 is 2.72 bits per heavy atom. The van der Waals surface area contributed by atoms with E-state index in [0.717, 1.165) is 30.5 Å². The molecule has 1 aromatic carbocycles. The average molecular weight is 402 g/mol. The number of amides is 2. The first-order valence-corrected chi connectivity index (χ1v) is 10.5. The number of carbonyl (C=O) groups is 2. The van der Waals surface area contributed by atoms with Gasteiger partial charge in [-0.15, -0.1) is 0 Å². The van der Waals surface area contributed by atoms with Gasteiger partial charge in [0.1, 0.15) is 11.6 Å². The molecule has 2 aliphatic heterocycles. The fourth-order valence-corrected chi connectivity index (χ4v) is 4.76. The van der Waals surface area contributed by atoms with Gasteiger partial charge in [-0.25, -0.2) is 4.79 Å². The van der Waals surface area contributed by atoms with E-state index in [1.807, 2.05) is 45.0 Å². The van der Waals surface area contributed by atoms with Crippen LogP contribution in [0.4, 0.5) is 4.79 Å². The minimum absolute atomic E-state index is 0.234. The molecule has 1 aliphatic carbocycles. The van der Waals surface area contributed by atoms with E-state index in [1.54, 1.807) is 4.90 Å². The number of benzene rings is 1. The summed E-state index contributed by atoms with van der Waals surface area (Å²) in [5.41, 5.74) is 1.38. The van der Waals surface area contributed by atoms with Crippen molar-refractivity contribution in [3.8, 4) is 0 Å². The molecular weight excluding hydrogens is 370 g/mol. The highest BCUT2D eigenvalue weighted by molar-refractivity contribution is 5.87. The summed E-state index contributed by atoms with van der Waals surface area (Å²) in [4.78, 5) is 30.0. The minimum atomic E-state index is -0.658. The van der Waals surface area contributed by atoms with Crippen molar-refractivity contribution in [3.63, 3.8) is 0 Å². The molecule has 0 bridgehead atoms. The first-order chi connectivity index (χ1) is 13.7. The van der Waals surface area contributed by atoms with Crippen LogP contribution in [0.25, 0.3) is 0 Å². The maximum absolute atomic E-state index is 13.3. The maximum atomic E-state index is 13.3. The lowest BCUT2D eigenvalue weighted by molar-refractivity contribution is -0.131. The largest absolute Gasteiger partial charge is 0.444 e. The van der Waals surface area contributed by atoms with Gasteiger partial charge in [-0.3, -0.25) is 14.6 Å². The molecule has 2 saturated heterocycles. The first kappa shape index (κ1) is 20.2. The van der Waals surface area contributed by atoms with E-state index in [0.29, 0.717) is 19.5 Å². The van der Waals surface area contributed by atoms with Crippen LogP contribution in [-0.2, 0) is 16.0 Å². The maximum Gasteiger partial charge on any atom is 0.411 e. The van der Waals surface area contributed by atoms with E-state index >= 15 is 0 Å². The van der Waals surface area contributed by atoms with Crippen LogP contribution in [0.15, 0.2) is 24.3 Å². The topological polar surface area (TPSA) is 82.1 Å². The predicted octanol–water partition coefficient (Wildman–Crippen LogP) is 1.84. The summed E-state index contributed by atoms with van der Waals surface area (Å²) in [7, 11) is 0. The molecule has 2 N–H and O–H groups in total. The number of nitrogens with zero attached hydrogens (tertiary/aromatic N) is 2. The molecule has 0 spiro atoms. The second-order valence-corrected chi connectivity index (χ2v) is 9.40. The molecule has 0 aromatic heterocycles. The van der Waals surface area contributed by atoms with Crippen LogP contribution in [0.5, 0.6) is 0 Å². The molecule has 0 unspecified atom stereocenters. The van der Waals surface area contributed by atoms with Crippen LogP contribution < -0.4 is 5.32 Å². The molecule has 4 rings (SSSR count). The van der Waals surface area contributed by atoms with Gasteiger partial charge in [0.05, 0.1) is 12.1 Å². The van der Waals surface area contributed by atoms with Crippen LogP contribution in [-0.4, -0.2) is 70.3 Å². The summed E-state index contributed by atoms with van der Waals surface area (Å²) in [6.07, 6.45) is 1.53. The van der Waals surface area contributed by atoms with Gasteiger partial charge in [0.2, 0.25) is 5.91 Å². The van der Waals surface area contributed by atoms with E-state index in [-0.39, 0.29) is 11.9 Å². The van der Waals surface area contributed by atoms with E-state index in [4.69, 9.17) is 4.74 Å². The molecular formula is C22H31N3O4. The molecule has 29 heavy (non-hydrogen) atoms. The Morgan fingerprint density at radius 1 is 1.21 bits per heavy atom. The van der Waals surface area contributed by atoms with Gasteiger partial charge in [0, 0.05) is 25.6 Å². The molecule has 2 fully saturated rings. The van der Waals surface area contributed by atoms with E-state index in [2.05, 4.69) is 10.2 Å². The fourth-order valence-electron chi connectivity index (χ4n) is 4.76. The van der Waals surface area contributed by atoms with Crippen molar-refractivity contribution in [1.29, 1.82) is 0 Å². The molecule has 3 aliphatic rings. The Morgan fingerprint density at radius 2 is 1.97 bits per heavy atom. The molecule has 1 aromatic rings. The van der Waals surface area contributed by atoms with Crippen molar-refractivity contribution in [1.82, 2.24) is 15.1 Å². The zero-order valence-corrected chi connectivity index (χ0v) is 17.4. The molecule has 7 heteroatoms. The third kappa shape index (κ3) is 4.12. The van der Waals surface area contributed by atoms with E-state index in [9.17, 15) is 14.7 Å². The zero-order chi connectivity index (χ0) is 20.8. The van der Waals surface area contributed by atoms with Crippen molar-refractivity contribution < 1.29 is 19.4 Å². The van der Waals surface area contributed by atoms with Gasteiger partial charge < -0.3 is 15.2 Å². The van der Waals surface area contributed by atoms with Crippen molar-refractivity contribution >= 4 is 12.0 Å². The van der Waals surface area contributed by atoms with E-state index in [1.165, 1.54) is 0 Å². The normalized spacial score (nSPS) is 29.3. The molecule has 158 valence electrons. The van der Waals surface area contributed by atoms with Crippen molar-refractivity contribution in [2.45, 2.75) is 69.9 Å². The molecule has 4 atom stereocenters. The Balaban J connectivity index is 1.53. The highest BCUT2D eigenvalue weighted by Crippen LogP contribution is 2.32. The number of hydrogen-bond donors (Lipinski definition) is 2. The lowest BCUT2D eigenvalue weighted by Gasteiger charge is -2.43. The van der Waals surface area contributed by atoms with Crippen LogP contribution >= 0.6 is 0 Å². The molecule has 0 radical (unpaired) electrons. The van der Waals surface area contributed by atoms with Gasteiger partial charge in [-0.1, -0.05) is 24.3 Å². The van der Waals surface area contributed by atoms with Gasteiger partial charge in [0.25, 0.3) is 0 Å². The number of aliphatic hydroxyl groups excluding tert-OH is 1. The van der Waals surface area contributed by atoms with Crippen molar-refractivity contribution in [2.24, 2.45) is 0 Å². The molecule has 2 amide bonds. The van der Waals surface area contributed by atoms with Crippen LogP contribution in [0, 0.1) is 0 Å². The summed E-state index contributed by atoms with van der Waals surface area (Å²) in [5.74, 6) is -0.234. The number of rotatable bonds is 2. The lowest BCUT2D eigenvalue weighted by atomic mass is 10.0. The summed E-state index contributed by atoms with van der Waals surface area (Å²) in [6.45, 7) is 7.44. The lowest BCUT2D eigenvalue weighted by Crippen LogP contribution is -2.63. The fraction of sp³-hybridized carbons (Fsp3) is 0.636. The number of piperazine rings is 1. The first-order valence-electron chi connectivity index (χ1n) is 10.5. The quantitative estimate of drug-likeness (QED) is 0.790. The average Bonchev–Trinajstić information content (AvgIpc) is 3.23. The van der Waals surface area contributed by atoms with Crippen LogP contribution in [0.2, 0.25) is 0 Å². The standard InChI is InChI=1S/C22H31N3O4/c1-22(2,3)29-21(28)25-12-15-8-6-10-24(15)13-17(25)20(27)23-19-16-9-5-4-7-14(16)11-18(19)26/h4-5,7,9,15,17-19,26H,6,8,10-13H2,1-3H3,(H,23,27)/t15-,17+,18-,19+/m1/s1. The third-order valence-electron chi connectivity index (χ3n) is 6.12. The number of ether oxygens (including phenoxy) is 1. The smallest absolute Gasteiger partial charge is 0.411 e. The number of nitrogens with one attached hydrogen (secondary N) is 1. The zero-order valence-electron chi connectivity index (χ0n) is 17.4. The van der Waals surface area contributed by atoms with Gasteiger partial charge in [0.15, 0.2) is 0 Å². The monoisotopic (exact) mass is 401 g/mol. The minimum Gasteiger partial charge on any atom is -0.444 e. The Kier molecular flexibility index (Phi) is 5.29. The second-order valence-electron chi connectivity index (χ2n) is 9.40. The number of hydrogen-bond acceptors (Lipinski definition) is 5. The van der Waals surface area contributed by atoms with Gasteiger partial charge in [-0.2, -0.15) is 0 Å². The summed E-state index contributed by atoms with van der Waals surface area (Å²) >= 11 is 0. The van der Waals surface area contributed by atoms with Crippen molar-refractivity contribution in [2.75, 3.05) is 19.6 Å². The van der Waals surface area contributed by atoms with Crippen LogP contribution in [0.1, 0.15) is 50.8 Å². The summed E-state index contributed by atoms with van der Waals surface area (Å²) < 4.78 is 5.59. The highest BCUT2D eigenvalue weighted by Gasteiger charge is 2.44. The third-order valence-corrected chi connectivity index (χ3v) is 6.12. The van der Waals surface area contributed by atoms with Crippen molar-refractivity contribution in [3.05, 3.63) is 35.4 Å². The summed E-state index contributed by atoms with van der Waals surface area (Å²) in [5, 5.41) is 13.5. The molecule has 7 nitrogen and oxygen atoms in total. The summed E-state index contributed by atoms with van der Waals surface area (Å²) in [6, 6.07) is 6.98. The van der Waals surface area contributed by atoms with E-state index < -0.39 is 29.9 Å². The predicted molar refractivity (Wildman–Crippen MR) is 108 cm³/mol. The Hall–Kier alpha value is -2.12. The van der Waals surface area contributed by atoms with Gasteiger partial charge in [-0.05, 0) is 51.3 Å². The Bertz CT molecular complexity index is 791.